The average molecular weight is 337 g/mol. The van der Waals surface area contributed by atoms with Gasteiger partial charge in [-0.05, 0) is 43.0 Å². The summed E-state index contributed by atoms with van der Waals surface area (Å²) in [5.41, 5.74) is 1.54. The molecule has 0 fully saturated rings. The highest BCUT2D eigenvalue weighted by atomic mass is 33.2. The van der Waals surface area contributed by atoms with E-state index in [4.69, 9.17) is 5.26 Å². The van der Waals surface area contributed by atoms with Crippen molar-refractivity contribution in [3.8, 4) is 6.07 Å². The van der Waals surface area contributed by atoms with Gasteiger partial charge in [-0.25, -0.2) is 12.8 Å². The molecule has 2 aromatic rings. The number of benzene rings is 2. The molecule has 0 amide bonds. The van der Waals surface area contributed by atoms with E-state index < -0.39 is 24.6 Å². The molecule has 0 aliphatic heterocycles. The van der Waals surface area contributed by atoms with Crippen LogP contribution in [0, 0.1) is 24.1 Å². The van der Waals surface area contributed by atoms with Crippen LogP contribution < -0.4 is 0 Å². The van der Waals surface area contributed by atoms with Gasteiger partial charge in [0.2, 0.25) is 8.87 Å². The van der Waals surface area contributed by atoms with Crippen molar-refractivity contribution in [2.24, 2.45) is 0 Å². The van der Waals surface area contributed by atoms with Crippen LogP contribution in [0.25, 0.3) is 0 Å². The molecule has 1 atom stereocenters. The summed E-state index contributed by atoms with van der Waals surface area (Å²) in [6.07, 6.45) is 1.67. The molecule has 0 aromatic heterocycles. The molecule has 2 rings (SSSR count). The molecule has 1 unspecified atom stereocenters. The summed E-state index contributed by atoms with van der Waals surface area (Å²) in [5.74, 6) is -0.357. The largest absolute Gasteiger partial charge is 0.214 e. The average Bonchev–Trinajstić information content (AvgIpc) is 2.48. The Balaban J connectivity index is 2.24. The highest BCUT2D eigenvalue weighted by molar-refractivity contribution is 8.80. The van der Waals surface area contributed by atoms with Crippen LogP contribution in [-0.4, -0.2) is 14.7 Å². The van der Waals surface area contributed by atoms with Crippen LogP contribution in [0.15, 0.2) is 47.4 Å². The molecule has 0 radical (unpaired) electrons. The smallest absolute Gasteiger partial charge is 0.210 e. The standard InChI is InChI=1S/C16H16FNO2S2/c1-12-3-7-15(8-4-12)22(19,20)21(2)11-13-5-6-14(10-18)16(17)9-13/h3-9,21H,11H2,1-2H3. The highest BCUT2D eigenvalue weighted by Gasteiger charge is 2.20. The zero-order valence-electron chi connectivity index (χ0n) is 12.2. The molecular formula is C16H16FNO2S2. The molecule has 22 heavy (non-hydrogen) atoms. The first-order chi connectivity index (χ1) is 10.3. The topological polar surface area (TPSA) is 57.9 Å². The number of halogens is 1. The van der Waals surface area contributed by atoms with E-state index in [1.54, 1.807) is 42.7 Å². The van der Waals surface area contributed by atoms with E-state index in [1.165, 1.54) is 12.1 Å². The SMILES string of the molecule is Cc1ccc(S(=O)(=O)[SH](C)Cc2ccc(C#N)c(F)c2)cc1. The molecule has 0 spiro atoms. The Morgan fingerprint density at radius 2 is 1.82 bits per heavy atom. The lowest BCUT2D eigenvalue weighted by atomic mass is 10.1. The number of aryl methyl sites for hydroxylation is 1. The van der Waals surface area contributed by atoms with Gasteiger partial charge in [0.25, 0.3) is 0 Å². The maximum absolute atomic E-state index is 13.6. The van der Waals surface area contributed by atoms with E-state index in [1.807, 2.05) is 6.92 Å². The maximum Gasteiger partial charge on any atom is 0.210 e. The fourth-order valence-electron chi connectivity index (χ4n) is 1.98. The molecule has 0 aliphatic carbocycles. The lowest BCUT2D eigenvalue weighted by molar-refractivity contribution is 0.610. The predicted octanol–water partition coefficient (Wildman–Crippen LogP) is 3.53. The minimum Gasteiger partial charge on any atom is -0.214 e. The summed E-state index contributed by atoms with van der Waals surface area (Å²) in [7, 11) is -4.79. The van der Waals surface area contributed by atoms with Crippen LogP contribution >= 0.6 is 9.93 Å². The number of hydrogen-bond acceptors (Lipinski definition) is 3. The Bertz CT molecular complexity index is 824. The second kappa shape index (κ2) is 6.51. The summed E-state index contributed by atoms with van der Waals surface area (Å²) < 4.78 is 38.7. The van der Waals surface area contributed by atoms with E-state index >= 15 is 0 Å². The van der Waals surface area contributed by atoms with Crippen molar-refractivity contribution in [3.05, 3.63) is 65.0 Å². The first-order valence-electron chi connectivity index (χ1n) is 6.56. The first kappa shape index (κ1) is 16.5. The van der Waals surface area contributed by atoms with Crippen LogP contribution in [0.1, 0.15) is 16.7 Å². The Morgan fingerprint density at radius 1 is 1.18 bits per heavy atom. The first-order valence-corrected chi connectivity index (χ1v) is 10.6. The monoisotopic (exact) mass is 337 g/mol. The van der Waals surface area contributed by atoms with Crippen molar-refractivity contribution in [1.82, 2.24) is 0 Å². The van der Waals surface area contributed by atoms with Gasteiger partial charge in [0.05, 0.1) is 10.5 Å². The molecule has 3 nitrogen and oxygen atoms in total. The molecule has 0 saturated heterocycles. The van der Waals surface area contributed by atoms with Crippen LogP contribution in [0.3, 0.4) is 0 Å². The predicted molar refractivity (Wildman–Crippen MR) is 88.1 cm³/mol. The number of thiol groups is 1. The lowest BCUT2D eigenvalue weighted by Crippen LogP contribution is -2.03. The quantitative estimate of drug-likeness (QED) is 0.686. The maximum atomic E-state index is 13.6. The van der Waals surface area contributed by atoms with Gasteiger partial charge in [0.15, 0.2) is 0 Å². The van der Waals surface area contributed by atoms with Crippen molar-refractivity contribution in [3.63, 3.8) is 0 Å². The van der Waals surface area contributed by atoms with Gasteiger partial charge in [-0.15, -0.1) is 9.93 Å². The number of nitriles is 1. The molecule has 6 heteroatoms. The zero-order valence-corrected chi connectivity index (χ0v) is 14.0. The summed E-state index contributed by atoms with van der Waals surface area (Å²) in [4.78, 5) is 0.292. The number of nitrogens with zero attached hydrogens (tertiary/aromatic N) is 1. The van der Waals surface area contributed by atoms with E-state index in [0.717, 1.165) is 5.56 Å². The minimum absolute atomic E-state index is 0.0365. The number of hydrogen-bond donors (Lipinski definition) is 1. The lowest BCUT2D eigenvalue weighted by Gasteiger charge is -2.17. The fraction of sp³-hybridized carbons (Fsp3) is 0.188. The third-order valence-corrected chi connectivity index (χ3v) is 9.27. The zero-order chi connectivity index (χ0) is 16.3. The molecule has 0 bridgehead atoms. The molecule has 0 saturated carbocycles. The second-order valence-corrected chi connectivity index (χ2v) is 11.3. The van der Waals surface area contributed by atoms with E-state index in [0.29, 0.717) is 10.5 Å². The molecule has 0 aliphatic rings. The van der Waals surface area contributed by atoms with Crippen molar-refractivity contribution >= 4 is 18.8 Å². The Labute approximate surface area is 132 Å². The molecule has 0 N–H and O–H groups in total. The summed E-state index contributed by atoms with van der Waals surface area (Å²) in [6, 6.07) is 12.7. The van der Waals surface area contributed by atoms with Crippen molar-refractivity contribution in [2.75, 3.05) is 6.26 Å². The Morgan fingerprint density at radius 3 is 2.36 bits per heavy atom. The van der Waals surface area contributed by atoms with Crippen LogP contribution in [0.2, 0.25) is 0 Å². The van der Waals surface area contributed by atoms with Gasteiger partial charge in [0.1, 0.15) is 11.9 Å². The number of rotatable bonds is 4. The highest BCUT2D eigenvalue weighted by Crippen LogP contribution is 2.38. The van der Waals surface area contributed by atoms with Crippen molar-refractivity contribution < 1.29 is 12.8 Å². The molecule has 116 valence electrons. The van der Waals surface area contributed by atoms with Crippen molar-refractivity contribution in [2.45, 2.75) is 17.6 Å². The molecule has 0 heterocycles. The van der Waals surface area contributed by atoms with E-state index in [9.17, 15) is 12.8 Å². The van der Waals surface area contributed by atoms with Gasteiger partial charge in [-0.2, -0.15) is 5.26 Å². The normalized spacial score (nSPS) is 13.5. The van der Waals surface area contributed by atoms with E-state index in [-0.39, 0.29) is 11.3 Å². The summed E-state index contributed by atoms with van der Waals surface area (Å²) in [6.45, 7) is 1.89. The van der Waals surface area contributed by atoms with Crippen LogP contribution in [0.4, 0.5) is 4.39 Å². The fourth-order valence-corrected chi connectivity index (χ4v) is 6.10. The minimum atomic E-state index is -3.41. The van der Waals surface area contributed by atoms with Crippen LogP contribution in [-0.2, 0) is 14.6 Å². The van der Waals surface area contributed by atoms with Crippen molar-refractivity contribution in [1.29, 1.82) is 5.26 Å². The van der Waals surface area contributed by atoms with Gasteiger partial charge in [-0.3, -0.25) is 0 Å². The molecular weight excluding hydrogens is 321 g/mol. The summed E-state index contributed by atoms with van der Waals surface area (Å²) >= 11 is 0. The van der Waals surface area contributed by atoms with Gasteiger partial charge < -0.3 is 0 Å². The third-order valence-electron chi connectivity index (χ3n) is 3.29. The third kappa shape index (κ3) is 3.49. The Hall–Kier alpha value is -1.84. The van der Waals surface area contributed by atoms with Gasteiger partial charge >= 0.3 is 0 Å². The second-order valence-electron chi connectivity index (χ2n) is 5.00. The van der Waals surface area contributed by atoms with E-state index in [2.05, 4.69) is 0 Å². The Kier molecular flexibility index (Phi) is 4.89. The molecule has 2 aromatic carbocycles. The van der Waals surface area contributed by atoms with Gasteiger partial charge in [0, 0.05) is 5.75 Å². The van der Waals surface area contributed by atoms with Gasteiger partial charge in [-0.1, -0.05) is 23.8 Å². The summed E-state index contributed by atoms with van der Waals surface area (Å²) in [5, 5.41) is 8.71. The van der Waals surface area contributed by atoms with Crippen LogP contribution in [0.5, 0.6) is 0 Å².